The van der Waals surface area contributed by atoms with Gasteiger partial charge in [0.25, 0.3) is 0 Å². The monoisotopic (exact) mass is 410 g/mol. The molecular weight excluding hydrogens is 376 g/mol. The number of amides is 1. The van der Waals surface area contributed by atoms with Gasteiger partial charge in [-0.1, -0.05) is 37.1 Å². The number of benzene rings is 2. The van der Waals surface area contributed by atoms with E-state index in [1.807, 2.05) is 18.2 Å². The van der Waals surface area contributed by atoms with Gasteiger partial charge in [0.15, 0.2) is 0 Å². The molecule has 1 amide bonds. The van der Waals surface area contributed by atoms with Crippen LogP contribution >= 0.6 is 0 Å². The minimum Gasteiger partial charge on any atom is -0.497 e. The van der Waals surface area contributed by atoms with E-state index >= 15 is 0 Å². The summed E-state index contributed by atoms with van der Waals surface area (Å²) in [6, 6.07) is 14.3. The smallest absolute Gasteiger partial charge is 0.220 e. The largest absolute Gasteiger partial charge is 0.497 e. The Morgan fingerprint density at radius 1 is 0.867 bits per heavy atom. The second kappa shape index (κ2) is 11.6. The lowest BCUT2D eigenvalue weighted by atomic mass is 10.1. The van der Waals surface area contributed by atoms with Gasteiger partial charge in [0, 0.05) is 25.6 Å². The molecule has 0 bridgehead atoms. The van der Waals surface area contributed by atoms with Crippen molar-refractivity contribution in [2.45, 2.75) is 51.6 Å². The third kappa shape index (κ3) is 7.06. The summed E-state index contributed by atoms with van der Waals surface area (Å²) in [5.74, 6) is 1.53. The number of hydrogen-bond donors (Lipinski definition) is 1. The Balaban J connectivity index is 1.43. The first-order valence-electron chi connectivity index (χ1n) is 10.9. The highest BCUT2D eigenvalue weighted by atomic mass is 16.5. The highest BCUT2D eigenvalue weighted by molar-refractivity contribution is 5.76. The number of carbonyl (C=O) groups excluding carboxylic acids is 1. The molecule has 0 unspecified atom stereocenters. The molecule has 2 aromatic rings. The van der Waals surface area contributed by atoms with E-state index in [-0.39, 0.29) is 5.91 Å². The van der Waals surface area contributed by atoms with Crippen molar-refractivity contribution >= 4 is 5.91 Å². The Kier molecular flexibility index (Phi) is 8.57. The number of hydrogen-bond acceptors (Lipinski definition) is 4. The Labute approximate surface area is 180 Å². The molecule has 30 heavy (non-hydrogen) atoms. The van der Waals surface area contributed by atoms with Crippen molar-refractivity contribution in [1.29, 1.82) is 0 Å². The molecule has 1 heterocycles. The third-order valence-electron chi connectivity index (χ3n) is 5.67. The second-order valence-electron chi connectivity index (χ2n) is 8.00. The normalized spacial score (nSPS) is 14.7. The molecule has 0 saturated carbocycles. The zero-order chi connectivity index (χ0) is 21.2. The molecule has 162 valence electrons. The van der Waals surface area contributed by atoms with E-state index in [0.717, 1.165) is 29.2 Å². The zero-order valence-electron chi connectivity index (χ0n) is 18.3. The molecule has 5 heteroatoms. The number of nitrogens with one attached hydrogen (secondary N) is 1. The number of ether oxygens (including phenoxy) is 2. The van der Waals surface area contributed by atoms with Gasteiger partial charge in [-0.3, -0.25) is 9.69 Å². The lowest BCUT2D eigenvalue weighted by Crippen LogP contribution is -2.24. The van der Waals surface area contributed by atoms with Crippen LogP contribution < -0.4 is 14.8 Å². The fourth-order valence-electron chi connectivity index (χ4n) is 3.87. The number of methoxy groups -OCH3 is 2. The summed E-state index contributed by atoms with van der Waals surface area (Å²) in [5, 5.41) is 3.02. The summed E-state index contributed by atoms with van der Waals surface area (Å²) in [4.78, 5) is 14.8. The maximum Gasteiger partial charge on any atom is 0.220 e. The van der Waals surface area contributed by atoms with Gasteiger partial charge in [-0.15, -0.1) is 0 Å². The predicted octanol–water partition coefficient (Wildman–Crippen LogP) is 4.33. The highest BCUT2D eigenvalue weighted by Gasteiger charge is 2.10. The minimum absolute atomic E-state index is 0.0467. The van der Waals surface area contributed by atoms with Crippen LogP contribution in [0.1, 0.15) is 48.8 Å². The van der Waals surface area contributed by atoms with Gasteiger partial charge >= 0.3 is 0 Å². The molecule has 2 aromatic carbocycles. The molecular formula is C25H34N2O3. The lowest BCUT2D eigenvalue weighted by Gasteiger charge is -2.19. The van der Waals surface area contributed by atoms with Crippen LogP contribution in [0.4, 0.5) is 0 Å². The predicted molar refractivity (Wildman–Crippen MR) is 120 cm³/mol. The average molecular weight is 411 g/mol. The number of carbonyl (C=O) groups is 1. The van der Waals surface area contributed by atoms with Crippen LogP contribution in [0.3, 0.4) is 0 Å². The zero-order valence-corrected chi connectivity index (χ0v) is 18.3. The van der Waals surface area contributed by atoms with Crippen molar-refractivity contribution in [1.82, 2.24) is 10.2 Å². The van der Waals surface area contributed by atoms with Crippen molar-refractivity contribution in [3.63, 3.8) is 0 Å². The molecule has 3 rings (SSSR count). The quantitative estimate of drug-likeness (QED) is 0.669. The molecule has 1 saturated heterocycles. The van der Waals surface area contributed by atoms with Crippen molar-refractivity contribution in [2.75, 3.05) is 27.3 Å². The molecule has 5 nitrogen and oxygen atoms in total. The van der Waals surface area contributed by atoms with Gasteiger partial charge in [0.05, 0.1) is 14.2 Å². The van der Waals surface area contributed by atoms with Gasteiger partial charge in [-0.25, -0.2) is 0 Å². The summed E-state index contributed by atoms with van der Waals surface area (Å²) < 4.78 is 10.6. The van der Waals surface area contributed by atoms with E-state index in [2.05, 4.69) is 34.5 Å². The van der Waals surface area contributed by atoms with E-state index < -0.39 is 0 Å². The first-order valence-corrected chi connectivity index (χ1v) is 10.9. The molecule has 1 fully saturated rings. The van der Waals surface area contributed by atoms with E-state index in [9.17, 15) is 4.79 Å². The number of nitrogens with zero attached hydrogens (tertiary/aromatic N) is 1. The SMILES string of the molecule is COc1cc(CCC(=O)NCc2ccc(CN3CCCCCC3)cc2)cc(OC)c1. The average Bonchev–Trinajstić information content (AvgIpc) is 3.05. The number of rotatable bonds is 9. The van der Waals surface area contributed by atoms with Crippen LogP contribution in [0.2, 0.25) is 0 Å². The molecule has 0 atom stereocenters. The Bertz CT molecular complexity index is 774. The molecule has 0 spiro atoms. The van der Waals surface area contributed by atoms with Gasteiger partial charge in [-0.05, 0) is 61.2 Å². The van der Waals surface area contributed by atoms with Gasteiger partial charge < -0.3 is 14.8 Å². The minimum atomic E-state index is 0.0467. The van der Waals surface area contributed by atoms with Crippen LogP contribution in [-0.4, -0.2) is 38.1 Å². The molecule has 1 aliphatic rings. The first kappa shape index (κ1) is 22.2. The van der Waals surface area contributed by atoms with Gasteiger partial charge in [0.2, 0.25) is 5.91 Å². The van der Waals surface area contributed by atoms with Gasteiger partial charge in [0.1, 0.15) is 11.5 Å². The van der Waals surface area contributed by atoms with Crippen LogP contribution in [0.5, 0.6) is 11.5 Å². The fourth-order valence-corrected chi connectivity index (χ4v) is 3.87. The van der Waals surface area contributed by atoms with Crippen LogP contribution in [-0.2, 0) is 24.3 Å². The molecule has 0 aromatic heterocycles. The molecule has 1 N–H and O–H groups in total. The molecule has 1 aliphatic heterocycles. The Hall–Kier alpha value is -2.53. The lowest BCUT2D eigenvalue weighted by molar-refractivity contribution is -0.121. The van der Waals surface area contributed by atoms with Crippen molar-refractivity contribution in [3.8, 4) is 11.5 Å². The Morgan fingerprint density at radius 2 is 1.47 bits per heavy atom. The van der Waals surface area contributed by atoms with Crippen LogP contribution in [0, 0.1) is 0 Å². The summed E-state index contributed by atoms with van der Waals surface area (Å²) in [6.45, 7) is 3.99. The van der Waals surface area contributed by atoms with Crippen molar-refractivity contribution < 1.29 is 14.3 Å². The maximum absolute atomic E-state index is 12.3. The topological polar surface area (TPSA) is 50.8 Å². The fraction of sp³-hybridized carbons (Fsp3) is 0.480. The first-order chi connectivity index (χ1) is 14.7. The van der Waals surface area contributed by atoms with Crippen LogP contribution in [0.15, 0.2) is 42.5 Å². The van der Waals surface area contributed by atoms with E-state index in [1.165, 1.54) is 44.3 Å². The molecule has 0 radical (unpaired) electrons. The highest BCUT2D eigenvalue weighted by Crippen LogP contribution is 2.23. The Morgan fingerprint density at radius 3 is 2.07 bits per heavy atom. The summed E-state index contributed by atoms with van der Waals surface area (Å²) in [6.07, 6.45) is 6.43. The van der Waals surface area contributed by atoms with E-state index in [4.69, 9.17) is 9.47 Å². The summed E-state index contributed by atoms with van der Waals surface area (Å²) >= 11 is 0. The maximum atomic E-state index is 12.3. The van der Waals surface area contributed by atoms with Crippen molar-refractivity contribution in [3.05, 3.63) is 59.2 Å². The summed E-state index contributed by atoms with van der Waals surface area (Å²) in [7, 11) is 3.26. The number of likely N-dealkylation sites (tertiary alicyclic amines) is 1. The number of aryl methyl sites for hydroxylation is 1. The van der Waals surface area contributed by atoms with Crippen molar-refractivity contribution in [2.24, 2.45) is 0 Å². The summed E-state index contributed by atoms with van der Waals surface area (Å²) in [5.41, 5.74) is 3.50. The standard InChI is InChI=1S/C25H34N2O3/c1-29-23-15-22(16-24(17-23)30-2)11-12-25(28)26-18-20-7-9-21(10-8-20)19-27-13-5-3-4-6-14-27/h7-10,15-17H,3-6,11-14,18-19H2,1-2H3,(H,26,28). The van der Waals surface area contributed by atoms with Gasteiger partial charge in [-0.2, -0.15) is 0 Å². The van der Waals surface area contributed by atoms with Crippen LogP contribution in [0.25, 0.3) is 0 Å². The second-order valence-corrected chi connectivity index (χ2v) is 8.00. The third-order valence-corrected chi connectivity index (χ3v) is 5.67. The van der Waals surface area contributed by atoms with E-state index in [1.54, 1.807) is 14.2 Å². The van der Waals surface area contributed by atoms with E-state index in [0.29, 0.717) is 19.4 Å². The molecule has 0 aliphatic carbocycles.